The van der Waals surface area contributed by atoms with Crippen LogP contribution in [0.1, 0.15) is 0 Å². The number of rotatable bonds is 0. The lowest BCUT2D eigenvalue weighted by Gasteiger charge is -1.92. The highest BCUT2D eigenvalue weighted by Gasteiger charge is 1.77. The largest absolute Gasteiger partial charge is 0.372 e. The molecule has 1 heterocycles. The van der Waals surface area contributed by atoms with E-state index in [0.717, 1.165) is 0 Å². The molecule has 0 aromatic carbocycles. The first-order valence-corrected chi connectivity index (χ1v) is 1.64. The van der Waals surface area contributed by atoms with Crippen LogP contribution in [0.3, 0.4) is 0 Å². The van der Waals surface area contributed by atoms with Crippen molar-refractivity contribution in [2.24, 2.45) is 10.1 Å². The summed E-state index contributed by atoms with van der Waals surface area (Å²) in [6.45, 7) is 0.372. The minimum Gasteiger partial charge on any atom is -0.372 e. The quantitative estimate of drug-likeness (QED) is 0.407. The summed E-state index contributed by atoms with van der Waals surface area (Å²) in [4.78, 5) is 8.12. The van der Waals surface area contributed by atoms with Gasteiger partial charge in [-0.05, 0) is 0 Å². The molecule has 0 saturated carbocycles. The third-order valence-electron chi connectivity index (χ3n) is 0.440. The van der Waals surface area contributed by atoms with Crippen LogP contribution in [0.5, 0.6) is 0 Å². The lowest BCUT2D eigenvalue weighted by molar-refractivity contribution is 0.153. The molecule has 0 atom stereocenters. The van der Waals surface area contributed by atoms with Gasteiger partial charge < -0.3 is 4.84 Å². The zero-order chi connectivity index (χ0) is 4.24. The lowest BCUT2D eigenvalue weighted by atomic mass is 10.8. The summed E-state index contributed by atoms with van der Waals surface area (Å²) < 4.78 is 0. The molecule has 0 fully saturated rings. The second kappa shape index (κ2) is 1.55. The van der Waals surface area contributed by atoms with Gasteiger partial charge in [0.25, 0.3) is 0 Å². The maximum absolute atomic E-state index is 4.44. The molecule has 0 aliphatic carbocycles. The van der Waals surface area contributed by atoms with Crippen molar-refractivity contribution in [1.29, 1.82) is 0 Å². The minimum absolute atomic E-state index is 0.372. The fraction of sp³-hybridized carbons (Fsp3) is 0.333. The maximum atomic E-state index is 4.44. The van der Waals surface area contributed by atoms with Crippen molar-refractivity contribution in [2.45, 2.75) is 0 Å². The topological polar surface area (TPSA) is 34.0 Å². The number of hydrogen-bond acceptors (Lipinski definition) is 3. The summed E-state index contributed by atoms with van der Waals surface area (Å²) >= 11 is 0. The molecule has 0 unspecified atom stereocenters. The van der Waals surface area contributed by atoms with Crippen LogP contribution in [0.25, 0.3) is 0 Å². The molecule has 3 heteroatoms. The van der Waals surface area contributed by atoms with Crippen molar-refractivity contribution in [3.05, 3.63) is 0 Å². The van der Waals surface area contributed by atoms with Crippen LogP contribution in [-0.4, -0.2) is 19.2 Å². The first-order valence-electron chi connectivity index (χ1n) is 1.64. The molecule has 0 spiro atoms. The monoisotopic (exact) mass is 84.0 g/mol. The van der Waals surface area contributed by atoms with E-state index in [4.69, 9.17) is 0 Å². The maximum Gasteiger partial charge on any atom is 0.206 e. The second-order valence-electron chi connectivity index (χ2n) is 0.844. The Bertz CT molecular complexity index is 74.8. The van der Waals surface area contributed by atoms with E-state index in [1.807, 2.05) is 0 Å². The van der Waals surface area contributed by atoms with Crippen molar-refractivity contribution in [3.8, 4) is 0 Å². The summed E-state index contributed by atoms with van der Waals surface area (Å²) in [6, 6.07) is 0. The SMILES string of the molecule is C1=NCON=C1. The van der Waals surface area contributed by atoms with Crippen LogP contribution < -0.4 is 0 Å². The predicted octanol–water partition coefficient (Wildman–Crippen LogP) is 0.0307. The number of aliphatic imine (C=N–C) groups is 1. The molecule has 1 aliphatic rings. The summed E-state index contributed by atoms with van der Waals surface area (Å²) in [5.41, 5.74) is 0. The smallest absolute Gasteiger partial charge is 0.206 e. The zero-order valence-corrected chi connectivity index (χ0v) is 3.16. The Morgan fingerprint density at radius 2 is 2.50 bits per heavy atom. The summed E-state index contributed by atoms with van der Waals surface area (Å²) in [7, 11) is 0. The van der Waals surface area contributed by atoms with Crippen LogP contribution in [0.2, 0.25) is 0 Å². The van der Waals surface area contributed by atoms with Crippen LogP contribution in [0.15, 0.2) is 10.1 Å². The molecule has 0 N–H and O–H groups in total. The number of nitrogens with zero attached hydrogens (tertiary/aromatic N) is 2. The van der Waals surface area contributed by atoms with Crippen LogP contribution >= 0.6 is 0 Å². The van der Waals surface area contributed by atoms with Gasteiger partial charge in [0.1, 0.15) is 0 Å². The molecular formula is C3H4N2O. The van der Waals surface area contributed by atoms with E-state index >= 15 is 0 Å². The highest BCUT2D eigenvalue weighted by molar-refractivity contribution is 6.15. The van der Waals surface area contributed by atoms with Crippen LogP contribution in [0.4, 0.5) is 0 Å². The Labute approximate surface area is 35.3 Å². The average Bonchev–Trinajstić information content (AvgIpc) is 1.72. The molecule has 0 bridgehead atoms. The zero-order valence-electron chi connectivity index (χ0n) is 3.16. The van der Waals surface area contributed by atoms with E-state index in [0.29, 0.717) is 6.73 Å². The Balaban J connectivity index is 2.46. The highest BCUT2D eigenvalue weighted by Crippen LogP contribution is 1.77. The minimum atomic E-state index is 0.372. The molecule has 6 heavy (non-hydrogen) atoms. The molecule has 0 aromatic rings. The third-order valence-corrected chi connectivity index (χ3v) is 0.440. The van der Waals surface area contributed by atoms with E-state index in [1.165, 1.54) is 6.21 Å². The Hall–Kier alpha value is -0.860. The van der Waals surface area contributed by atoms with Crippen molar-refractivity contribution >= 4 is 12.4 Å². The van der Waals surface area contributed by atoms with Crippen molar-refractivity contribution in [3.63, 3.8) is 0 Å². The molecule has 0 saturated heterocycles. The predicted molar refractivity (Wildman–Crippen MR) is 22.9 cm³/mol. The van der Waals surface area contributed by atoms with Gasteiger partial charge in [-0.2, -0.15) is 0 Å². The van der Waals surface area contributed by atoms with E-state index in [-0.39, 0.29) is 0 Å². The van der Waals surface area contributed by atoms with Gasteiger partial charge in [-0.1, -0.05) is 5.16 Å². The van der Waals surface area contributed by atoms with Gasteiger partial charge in [0.2, 0.25) is 6.73 Å². The van der Waals surface area contributed by atoms with Gasteiger partial charge in [0, 0.05) is 6.21 Å². The van der Waals surface area contributed by atoms with E-state index in [2.05, 4.69) is 15.0 Å². The molecular weight excluding hydrogens is 80.0 g/mol. The summed E-state index contributed by atoms with van der Waals surface area (Å²) in [5.74, 6) is 0. The van der Waals surface area contributed by atoms with Crippen LogP contribution in [0, 0.1) is 0 Å². The Morgan fingerprint density at radius 1 is 1.50 bits per heavy atom. The normalized spacial score (nSPS) is 17.3. The summed E-state index contributed by atoms with van der Waals surface area (Å²) in [5, 5.41) is 3.40. The fourth-order valence-corrected chi connectivity index (χ4v) is 0.227. The highest BCUT2D eigenvalue weighted by atomic mass is 16.6. The standard InChI is InChI=1S/C3H4N2O/c1-2-5-6-3-4-1/h1-2H,3H2. The van der Waals surface area contributed by atoms with Crippen molar-refractivity contribution in [2.75, 3.05) is 6.73 Å². The molecule has 0 radical (unpaired) electrons. The lowest BCUT2D eigenvalue weighted by Crippen LogP contribution is -1.91. The van der Waals surface area contributed by atoms with E-state index in [9.17, 15) is 0 Å². The van der Waals surface area contributed by atoms with Gasteiger partial charge in [-0.25, -0.2) is 4.99 Å². The van der Waals surface area contributed by atoms with Gasteiger partial charge in [-0.3, -0.25) is 0 Å². The Kier molecular flexibility index (Phi) is 0.859. The fourth-order valence-electron chi connectivity index (χ4n) is 0.227. The Morgan fingerprint density at radius 3 is 2.67 bits per heavy atom. The molecule has 1 rings (SSSR count). The molecule has 0 amide bonds. The van der Waals surface area contributed by atoms with E-state index in [1.54, 1.807) is 6.21 Å². The van der Waals surface area contributed by atoms with E-state index < -0.39 is 0 Å². The average molecular weight is 84.1 g/mol. The molecule has 0 aromatic heterocycles. The van der Waals surface area contributed by atoms with Crippen molar-refractivity contribution < 1.29 is 4.84 Å². The van der Waals surface area contributed by atoms with Gasteiger partial charge in [-0.15, -0.1) is 0 Å². The van der Waals surface area contributed by atoms with Gasteiger partial charge in [0.15, 0.2) is 0 Å². The molecule has 3 nitrogen and oxygen atoms in total. The summed E-state index contributed by atoms with van der Waals surface area (Å²) in [6.07, 6.45) is 3.10. The molecule has 1 aliphatic heterocycles. The van der Waals surface area contributed by atoms with Crippen molar-refractivity contribution in [1.82, 2.24) is 0 Å². The van der Waals surface area contributed by atoms with Gasteiger partial charge in [0.05, 0.1) is 6.21 Å². The van der Waals surface area contributed by atoms with Crippen LogP contribution in [-0.2, 0) is 4.84 Å². The first-order chi connectivity index (χ1) is 3.00. The molecule has 32 valence electrons. The first kappa shape index (κ1) is 3.33. The third kappa shape index (κ3) is 0.544. The second-order valence-corrected chi connectivity index (χ2v) is 0.844. The number of hydrogen-bond donors (Lipinski definition) is 0. The number of oxime groups is 1. The van der Waals surface area contributed by atoms with Gasteiger partial charge >= 0.3 is 0 Å².